The Morgan fingerprint density at radius 3 is 2.73 bits per heavy atom. The Hall–Kier alpha value is -1.44. The Balaban J connectivity index is 2.15. The van der Waals surface area contributed by atoms with Crippen LogP contribution in [0.2, 0.25) is 0 Å². The van der Waals surface area contributed by atoms with E-state index < -0.39 is 16.1 Å². The minimum atomic E-state index is -3.64. The van der Waals surface area contributed by atoms with Crippen LogP contribution in [0.15, 0.2) is 35.2 Å². The molecule has 2 atom stereocenters. The van der Waals surface area contributed by atoms with Gasteiger partial charge in [-0.25, -0.2) is 8.42 Å². The third-order valence-corrected chi connectivity index (χ3v) is 5.58. The van der Waals surface area contributed by atoms with Crippen molar-refractivity contribution in [1.29, 1.82) is 0 Å². The number of nitrogens with one attached hydrogen (secondary N) is 1. The monoisotopic (exact) mass is 326 g/mol. The van der Waals surface area contributed by atoms with Crippen LogP contribution in [0.5, 0.6) is 0 Å². The van der Waals surface area contributed by atoms with E-state index in [2.05, 4.69) is 5.32 Å². The van der Waals surface area contributed by atoms with Gasteiger partial charge >= 0.3 is 0 Å². The molecule has 122 valence electrons. The largest absolute Gasteiger partial charge is 0.383 e. The Morgan fingerprint density at radius 2 is 2.09 bits per heavy atom. The highest BCUT2D eigenvalue weighted by atomic mass is 32.2. The summed E-state index contributed by atoms with van der Waals surface area (Å²) in [5, 5.41) is 2.81. The van der Waals surface area contributed by atoms with Crippen molar-refractivity contribution >= 4 is 15.9 Å². The zero-order chi connectivity index (χ0) is 16.2. The van der Waals surface area contributed by atoms with E-state index in [1.807, 2.05) is 6.92 Å². The average molecular weight is 326 g/mol. The van der Waals surface area contributed by atoms with Crippen molar-refractivity contribution in [2.75, 3.05) is 20.3 Å². The van der Waals surface area contributed by atoms with Crippen molar-refractivity contribution in [3.63, 3.8) is 0 Å². The van der Waals surface area contributed by atoms with Gasteiger partial charge in [0.25, 0.3) is 0 Å². The molecular weight excluding hydrogens is 304 g/mol. The van der Waals surface area contributed by atoms with Crippen molar-refractivity contribution in [3.05, 3.63) is 30.3 Å². The summed E-state index contributed by atoms with van der Waals surface area (Å²) < 4.78 is 31.7. The molecule has 0 spiro atoms. The fourth-order valence-electron chi connectivity index (χ4n) is 2.65. The first kappa shape index (κ1) is 16.9. The second kappa shape index (κ2) is 7.21. The number of carbonyl (C=O) groups excluding carboxylic acids is 1. The quantitative estimate of drug-likeness (QED) is 0.846. The maximum absolute atomic E-state index is 12.7. The molecule has 1 fully saturated rings. The zero-order valence-corrected chi connectivity index (χ0v) is 13.7. The van der Waals surface area contributed by atoms with Gasteiger partial charge in [0.15, 0.2) is 0 Å². The van der Waals surface area contributed by atoms with Crippen molar-refractivity contribution in [2.24, 2.45) is 0 Å². The van der Waals surface area contributed by atoms with E-state index in [-0.39, 0.29) is 16.8 Å². The van der Waals surface area contributed by atoms with Crippen molar-refractivity contribution in [1.82, 2.24) is 9.62 Å². The normalized spacial score (nSPS) is 20.7. The van der Waals surface area contributed by atoms with Gasteiger partial charge in [0.1, 0.15) is 6.04 Å². The van der Waals surface area contributed by atoms with E-state index in [1.54, 1.807) is 37.4 Å². The molecule has 6 nitrogen and oxygen atoms in total. The second-order valence-corrected chi connectivity index (χ2v) is 7.34. The minimum absolute atomic E-state index is 0.153. The molecule has 1 saturated heterocycles. The highest BCUT2D eigenvalue weighted by molar-refractivity contribution is 7.89. The van der Waals surface area contributed by atoms with Crippen LogP contribution < -0.4 is 5.32 Å². The molecule has 1 N–H and O–H groups in total. The highest BCUT2D eigenvalue weighted by Gasteiger charge is 2.39. The molecule has 2 rings (SSSR count). The number of carbonyl (C=O) groups is 1. The van der Waals surface area contributed by atoms with Gasteiger partial charge in [0.2, 0.25) is 15.9 Å². The van der Waals surface area contributed by atoms with Crippen LogP contribution in [0.25, 0.3) is 0 Å². The molecule has 7 heteroatoms. The number of sulfonamides is 1. The first-order valence-electron chi connectivity index (χ1n) is 7.33. The fourth-order valence-corrected chi connectivity index (χ4v) is 4.33. The van der Waals surface area contributed by atoms with Crippen LogP contribution >= 0.6 is 0 Å². The lowest BCUT2D eigenvalue weighted by molar-refractivity contribution is -0.125. The number of hydrogen-bond acceptors (Lipinski definition) is 4. The lowest BCUT2D eigenvalue weighted by Gasteiger charge is -2.24. The summed E-state index contributed by atoms with van der Waals surface area (Å²) in [5.41, 5.74) is 0. The summed E-state index contributed by atoms with van der Waals surface area (Å²) in [5.74, 6) is -0.262. The molecule has 1 amide bonds. The van der Waals surface area contributed by atoms with Gasteiger partial charge in [-0.05, 0) is 31.9 Å². The second-order valence-electron chi connectivity index (χ2n) is 5.45. The van der Waals surface area contributed by atoms with Crippen LogP contribution in [-0.2, 0) is 19.6 Å². The van der Waals surface area contributed by atoms with Crippen LogP contribution in [0.3, 0.4) is 0 Å². The van der Waals surface area contributed by atoms with Crippen LogP contribution in [0.4, 0.5) is 0 Å². The van der Waals surface area contributed by atoms with Crippen LogP contribution in [0.1, 0.15) is 19.8 Å². The highest BCUT2D eigenvalue weighted by Crippen LogP contribution is 2.26. The third-order valence-electron chi connectivity index (χ3n) is 3.66. The van der Waals surface area contributed by atoms with Gasteiger partial charge < -0.3 is 10.1 Å². The predicted molar refractivity (Wildman–Crippen MR) is 82.8 cm³/mol. The maximum Gasteiger partial charge on any atom is 0.243 e. The van der Waals surface area contributed by atoms with Gasteiger partial charge in [-0.3, -0.25) is 4.79 Å². The molecule has 2 unspecified atom stereocenters. The average Bonchev–Trinajstić information content (AvgIpc) is 2.98. The Labute approximate surface area is 131 Å². The lowest BCUT2D eigenvalue weighted by atomic mass is 10.2. The molecule has 0 radical (unpaired) electrons. The molecule has 22 heavy (non-hydrogen) atoms. The summed E-state index contributed by atoms with van der Waals surface area (Å²) in [6.45, 7) is 2.59. The SMILES string of the molecule is COCC(C)NC(=O)C1CCCN1S(=O)(=O)c1ccccc1. The van der Waals surface area contributed by atoms with Gasteiger partial charge in [-0.15, -0.1) is 0 Å². The van der Waals surface area contributed by atoms with Gasteiger partial charge in [0.05, 0.1) is 11.5 Å². The van der Waals surface area contributed by atoms with Crippen molar-refractivity contribution in [2.45, 2.75) is 36.7 Å². The molecule has 1 aliphatic rings. The number of rotatable bonds is 6. The number of nitrogens with zero attached hydrogens (tertiary/aromatic N) is 1. The van der Waals surface area contributed by atoms with Gasteiger partial charge in [-0.1, -0.05) is 18.2 Å². The Kier molecular flexibility index (Phi) is 5.55. The smallest absolute Gasteiger partial charge is 0.243 e. The third kappa shape index (κ3) is 3.66. The van der Waals surface area contributed by atoms with Crippen molar-refractivity contribution < 1.29 is 17.9 Å². The zero-order valence-electron chi connectivity index (χ0n) is 12.9. The van der Waals surface area contributed by atoms with E-state index in [9.17, 15) is 13.2 Å². The molecule has 0 aliphatic carbocycles. The van der Waals surface area contributed by atoms with E-state index in [0.29, 0.717) is 26.0 Å². The van der Waals surface area contributed by atoms with Gasteiger partial charge in [-0.2, -0.15) is 4.31 Å². The Bertz CT molecular complexity index is 603. The van der Waals surface area contributed by atoms with Crippen LogP contribution in [-0.4, -0.2) is 51.0 Å². The number of methoxy groups -OCH3 is 1. The van der Waals surface area contributed by atoms with Crippen molar-refractivity contribution in [3.8, 4) is 0 Å². The molecule has 1 heterocycles. The van der Waals surface area contributed by atoms with E-state index in [1.165, 1.54) is 4.31 Å². The van der Waals surface area contributed by atoms with Gasteiger partial charge in [0, 0.05) is 19.7 Å². The lowest BCUT2D eigenvalue weighted by Crippen LogP contribution is -2.49. The molecule has 0 aromatic heterocycles. The Morgan fingerprint density at radius 1 is 1.41 bits per heavy atom. The maximum atomic E-state index is 12.7. The summed E-state index contributed by atoms with van der Waals surface area (Å²) in [7, 11) is -2.08. The predicted octanol–water partition coefficient (Wildman–Crippen LogP) is 0.991. The van der Waals surface area contributed by atoms with Crippen LogP contribution in [0, 0.1) is 0 Å². The van der Waals surface area contributed by atoms with E-state index >= 15 is 0 Å². The molecule has 1 aromatic carbocycles. The molecular formula is C15H22N2O4S. The van der Waals surface area contributed by atoms with E-state index in [0.717, 1.165) is 0 Å². The first-order chi connectivity index (χ1) is 10.5. The number of benzene rings is 1. The standard InChI is InChI=1S/C15H22N2O4S/c1-12(11-21-2)16-15(18)14-9-6-10-17(14)22(19,20)13-7-4-3-5-8-13/h3-5,7-8,12,14H,6,9-11H2,1-2H3,(H,16,18). The summed E-state index contributed by atoms with van der Waals surface area (Å²) >= 11 is 0. The first-order valence-corrected chi connectivity index (χ1v) is 8.77. The molecule has 0 bridgehead atoms. The minimum Gasteiger partial charge on any atom is -0.383 e. The summed E-state index contributed by atoms with van der Waals surface area (Å²) in [6, 6.07) is 7.42. The molecule has 1 aromatic rings. The van der Waals surface area contributed by atoms with E-state index in [4.69, 9.17) is 4.74 Å². The number of ether oxygens (including phenoxy) is 1. The summed E-state index contributed by atoms with van der Waals surface area (Å²) in [6.07, 6.45) is 1.22. The fraction of sp³-hybridized carbons (Fsp3) is 0.533. The number of amides is 1. The molecule has 0 saturated carbocycles. The summed E-state index contributed by atoms with van der Waals surface area (Å²) in [4.78, 5) is 12.6. The number of hydrogen-bond donors (Lipinski definition) is 1. The molecule has 1 aliphatic heterocycles. The topological polar surface area (TPSA) is 75.7 Å².